The molecule has 0 aliphatic carbocycles. The first kappa shape index (κ1) is 14.8. The lowest BCUT2D eigenvalue weighted by Crippen LogP contribution is -2.45. The number of benzene rings is 2. The molecule has 3 nitrogen and oxygen atoms in total. The van der Waals surface area contributed by atoms with Gasteiger partial charge in [0.15, 0.2) is 11.6 Å². The van der Waals surface area contributed by atoms with Gasteiger partial charge in [0.05, 0.1) is 17.9 Å². The van der Waals surface area contributed by atoms with Crippen LogP contribution in [-0.2, 0) is 11.3 Å². The summed E-state index contributed by atoms with van der Waals surface area (Å²) in [7, 11) is 0. The van der Waals surface area contributed by atoms with Gasteiger partial charge in [-0.05, 0) is 18.6 Å². The van der Waals surface area contributed by atoms with Gasteiger partial charge in [0.1, 0.15) is 6.04 Å². The second-order valence-corrected chi connectivity index (χ2v) is 5.57. The maximum Gasteiger partial charge on any atom is 0.249 e. The molecule has 2 aromatic carbocycles. The third kappa shape index (κ3) is 2.52. The van der Waals surface area contributed by atoms with E-state index in [0.29, 0.717) is 16.4 Å². The second kappa shape index (κ2) is 5.57. The number of nitrogens with zero attached hydrogens (tertiary/aromatic N) is 1. The third-order valence-electron chi connectivity index (χ3n) is 3.62. The van der Waals surface area contributed by atoms with Gasteiger partial charge in [-0.2, -0.15) is 0 Å². The Bertz CT molecular complexity index is 751. The first-order chi connectivity index (χ1) is 10.5. The van der Waals surface area contributed by atoms with Gasteiger partial charge in [0, 0.05) is 17.2 Å². The molecule has 6 heteroatoms. The molecule has 1 atom stereocenters. The lowest BCUT2D eigenvalue weighted by atomic mass is 10.1. The number of rotatable bonds is 2. The van der Waals surface area contributed by atoms with E-state index >= 15 is 0 Å². The quantitative estimate of drug-likeness (QED) is 0.907. The second-order valence-electron chi connectivity index (χ2n) is 5.17. The molecule has 1 aliphatic rings. The number of carbonyl (C=O) groups excluding carboxylic acids is 1. The molecule has 0 fully saturated rings. The molecule has 1 aliphatic heterocycles. The predicted molar refractivity (Wildman–Crippen MR) is 82.1 cm³/mol. The molecule has 0 saturated carbocycles. The Morgan fingerprint density at radius 2 is 1.91 bits per heavy atom. The van der Waals surface area contributed by atoms with Gasteiger partial charge in [0.25, 0.3) is 0 Å². The minimum absolute atomic E-state index is 0.197. The fraction of sp³-hybridized carbons (Fsp3) is 0.188. The molecule has 0 radical (unpaired) electrons. The van der Waals surface area contributed by atoms with Gasteiger partial charge in [-0.25, -0.2) is 8.78 Å². The van der Waals surface area contributed by atoms with E-state index < -0.39 is 17.7 Å². The molecule has 1 N–H and O–H groups in total. The summed E-state index contributed by atoms with van der Waals surface area (Å²) in [6.45, 7) is 1.87. The smallest absolute Gasteiger partial charge is 0.249 e. The zero-order valence-corrected chi connectivity index (χ0v) is 12.5. The molecule has 1 amide bonds. The molecule has 0 bridgehead atoms. The van der Waals surface area contributed by atoms with Crippen molar-refractivity contribution in [3.63, 3.8) is 0 Å². The van der Waals surface area contributed by atoms with E-state index in [9.17, 15) is 13.6 Å². The highest BCUT2D eigenvalue weighted by Gasteiger charge is 2.31. The number of nitrogens with one attached hydrogen (secondary N) is 1. The standard InChI is InChI=1S/C16H13ClF2N2O/c1-9-16(22)21(8-10-4-2-3-5-11(10)17)15-7-13(19)12(18)6-14(15)20-9/h2-7,9,20H,8H2,1H3. The summed E-state index contributed by atoms with van der Waals surface area (Å²) in [4.78, 5) is 13.8. The molecule has 3 rings (SSSR count). The molecular formula is C16H13ClF2N2O. The highest BCUT2D eigenvalue weighted by molar-refractivity contribution is 6.31. The minimum atomic E-state index is -0.993. The van der Waals surface area contributed by atoms with Crippen LogP contribution in [0.4, 0.5) is 20.2 Å². The number of fused-ring (bicyclic) bond motifs is 1. The maximum absolute atomic E-state index is 13.6. The van der Waals surface area contributed by atoms with Crippen LogP contribution < -0.4 is 10.2 Å². The number of hydrogen-bond acceptors (Lipinski definition) is 2. The zero-order chi connectivity index (χ0) is 15.9. The van der Waals surface area contributed by atoms with Gasteiger partial charge in [-0.3, -0.25) is 4.79 Å². The summed E-state index contributed by atoms with van der Waals surface area (Å²) >= 11 is 6.12. The summed E-state index contributed by atoms with van der Waals surface area (Å²) in [6, 6.07) is 8.67. The molecule has 0 saturated heterocycles. The van der Waals surface area contributed by atoms with Crippen molar-refractivity contribution < 1.29 is 13.6 Å². The fourth-order valence-electron chi connectivity index (χ4n) is 2.48. The van der Waals surface area contributed by atoms with Crippen molar-refractivity contribution in [2.24, 2.45) is 0 Å². The predicted octanol–water partition coefficient (Wildman–Crippen LogP) is 3.97. The first-order valence-corrected chi connectivity index (χ1v) is 7.15. The minimum Gasteiger partial charge on any atom is -0.372 e. The summed E-state index contributed by atoms with van der Waals surface area (Å²) in [5.74, 6) is -2.17. The van der Waals surface area contributed by atoms with Crippen LogP contribution >= 0.6 is 11.6 Å². The van der Waals surface area contributed by atoms with Crippen molar-refractivity contribution in [1.82, 2.24) is 0 Å². The van der Waals surface area contributed by atoms with Crippen LogP contribution in [0.1, 0.15) is 12.5 Å². The van der Waals surface area contributed by atoms with E-state index in [1.54, 1.807) is 25.1 Å². The highest BCUT2D eigenvalue weighted by Crippen LogP contribution is 2.35. The number of hydrogen-bond donors (Lipinski definition) is 1. The van der Waals surface area contributed by atoms with E-state index in [2.05, 4.69) is 5.32 Å². The Labute approximate surface area is 131 Å². The van der Waals surface area contributed by atoms with Gasteiger partial charge in [-0.1, -0.05) is 29.8 Å². The van der Waals surface area contributed by atoms with Gasteiger partial charge in [0.2, 0.25) is 5.91 Å². The highest BCUT2D eigenvalue weighted by atomic mass is 35.5. The molecule has 1 unspecified atom stereocenters. The lowest BCUT2D eigenvalue weighted by molar-refractivity contribution is -0.119. The Balaban J connectivity index is 2.05. The average Bonchev–Trinajstić information content (AvgIpc) is 2.48. The summed E-state index contributed by atoms with van der Waals surface area (Å²) < 4.78 is 27.0. The van der Waals surface area contributed by atoms with Crippen molar-refractivity contribution in [2.45, 2.75) is 19.5 Å². The molecule has 2 aromatic rings. The van der Waals surface area contributed by atoms with E-state index in [4.69, 9.17) is 11.6 Å². The van der Waals surface area contributed by atoms with Crippen molar-refractivity contribution in [2.75, 3.05) is 10.2 Å². The van der Waals surface area contributed by atoms with Crippen molar-refractivity contribution >= 4 is 28.9 Å². The lowest BCUT2D eigenvalue weighted by Gasteiger charge is -2.34. The topological polar surface area (TPSA) is 32.3 Å². The normalized spacial score (nSPS) is 17.2. The van der Waals surface area contributed by atoms with Crippen molar-refractivity contribution in [3.05, 3.63) is 58.6 Å². The number of anilines is 2. The molecule has 0 spiro atoms. The van der Waals surface area contributed by atoms with Crippen molar-refractivity contribution in [3.8, 4) is 0 Å². The SMILES string of the molecule is CC1Nc2cc(F)c(F)cc2N(Cc2ccccc2Cl)C1=O. The molecular weight excluding hydrogens is 310 g/mol. The van der Waals surface area contributed by atoms with Crippen LogP contribution in [0, 0.1) is 11.6 Å². The van der Waals surface area contributed by atoms with Crippen LogP contribution in [0.3, 0.4) is 0 Å². The monoisotopic (exact) mass is 322 g/mol. The number of carbonyl (C=O) groups is 1. The Morgan fingerprint density at radius 1 is 1.23 bits per heavy atom. The van der Waals surface area contributed by atoms with Crippen LogP contribution in [0.25, 0.3) is 0 Å². The van der Waals surface area contributed by atoms with Gasteiger partial charge in [-0.15, -0.1) is 0 Å². The van der Waals surface area contributed by atoms with E-state index in [1.807, 2.05) is 6.07 Å². The summed E-state index contributed by atoms with van der Waals surface area (Å²) in [6.07, 6.45) is 0. The average molecular weight is 323 g/mol. The van der Waals surface area contributed by atoms with Crippen LogP contribution in [0.5, 0.6) is 0 Å². The molecule has 22 heavy (non-hydrogen) atoms. The summed E-state index contributed by atoms with van der Waals surface area (Å²) in [5, 5.41) is 3.40. The van der Waals surface area contributed by atoms with Gasteiger partial charge < -0.3 is 10.2 Å². The summed E-state index contributed by atoms with van der Waals surface area (Å²) in [5.41, 5.74) is 1.43. The number of amides is 1. The fourth-order valence-corrected chi connectivity index (χ4v) is 2.68. The molecule has 0 aromatic heterocycles. The van der Waals surface area contributed by atoms with Crippen LogP contribution in [0.2, 0.25) is 5.02 Å². The Hall–Kier alpha value is -2.14. The molecule has 1 heterocycles. The van der Waals surface area contributed by atoms with Gasteiger partial charge >= 0.3 is 0 Å². The van der Waals surface area contributed by atoms with E-state index in [1.165, 1.54) is 4.90 Å². The van der Waals surface area contributed by atoms with E-state index in [0.717, 1.165) is 17.7 Å². The zero-order valence-electron chi connectivity index (χ0n) is 11.7. The maximum atomic E-state index is 13.6. The van der Waals surface area contributed by atoms with Crippen LogP contribution in [0.15, 0.2) is 36.4 Å². The Morgan fingerprint density at radius 3 is 2.64 bits per heavy atom. The van der Waals surface area contributed by atoms with E-state index in [-0.39, 0.29) is 12.5 Å². The Kier molecular flexibility index (Phi) is 3.74. The molecule has 114 valence electrons. The van der Waals surface area contributed by atoms with Crippen LogP contribution in [-0.4, -0.2) is 11.9 Å². The first-order valence-electron chi connectivity index (χ1n) is 6.77. The third-order valence-corrected chi connectivity index (χ3v) is 3.99. The largest absolute Gasteiger partial charge is 0.372 e. The number of halogens is 3. The van der Waals surface area contributed by atoms with Crippen molar-refractivity contribution in [1.29, 1.82) is 0 Å².